The third-order valence-electron chi connectivity index (χ3n) is 3.23. The standard InChI is InChI=1S/C16H17ClN2O/c1-11-9-13(17)7-8-14(11)16(20)19(2)10-12-5-3-4-6-15(12)18/h3-9H,10,18H2,1-2H3. The highest BCUT2D eigenvalue weighted by Crippen LogP contribution is 2.18. The molecule has 0 unspecified atom stereocenters. The minimum Gasteiger partial charge on any atom is -0.398 e. The maximum Gasteiger partial charge on any atom is 0.254 e. The van der Waals surface area contributed by atoms with E-state index in [0.717, 1.165) is 11.1 Å². The Balaban J connectivity index is 2.19. The van der Waals surface area contributed by atoms with Crippen molar-refractivity contribution >= 4 is 23.2 Å². The molecule has 0 aliphatic heterocycles. The van der Waals surface area contributed by atoms with Crippen LogP contribution in [0.25, 0.3) is 0 Å². The van der Waals surface area contributed by atoms with Gasteiger partial charge in [0.25, 0.3) is 5.91 Å². The normalized spacial score (nSPS) is 10.3. The molecule has 0 heterocycles. The van der Waals surface area contributed by atoms with E-state index in [1.54, 1.807) is 30.1 Å². The summed E-state index contributed by atoms with van der Waals surface area (Å²) in [7, 11) is 1.77. The van der Waals surface area contributed by atoms with Crippen molar-refractivity contribution < 1.29 is 4.79 Å². The van der Waals surface area contributed by atoms with Gasteiger partial charge in [0.05, 0.1) is 0 Å². The highest BCUT2D eigenvalue weighted by Gasteiger charge is 2.15. The molecule has 0 bridgehead atoms. The SMILES string of the molecule is Cc1cc(Cl)ccc1C(=O)N(C)Cc1ccccc1N. The van der Waals surface area contributed by atoms with Crippen molar-refractivity contribution in [3.63, 3.8) is 0 Å². The van der Waals surface area contributed by atoms with E-state index < -0.39 is 0 Å². The zero-order valence-electron chi connectivity index (χ0n) is 11.6. The molecule has 0 saturated carbocycles. The van der Waals surface area contributed by atoms with Crippen molar-refractivity contribution in [3.05, 3.63) is 64.2 Å². The fraction of sp³-hybridized carbons (Fsp3) is 0.188. The molecule has 2 aromatic rings. The first-order valence-electron chi connectivity index (χ1n) is 6.34. The van der Waals surface area contributed by atoms with Crippen LogP contribution >= 0.6 is 11.6 Å². The van der Waals surface area contributed by atoms with Gasteiger partial charge in [0.1, 0.15) is 0 Å². The molecule has 4 heteroatoms. The Kier molecular flexibility index (Phi) is 4.30. The third kappa shape index (κ3) is 3.11. The third-order valence-corrected chi connectivity index (χ3v) is 3.46. The van der Waals surface area contributed by atoms with Crippen molar-refractivity contribution in [2.24, 2.45) is 0 Å². The summed E-state index contributed by atoms with van der Waals surface area (Å²) in [5.74, 6) is -0.0394. The van der Waals surface area contributed by atoms with Gasteiger partial charge in [-0.2, -0.15) is 0 Å². The van der Waals surface area contributed by atoms with E-state index in [1.165, 1.54) is 0 Å². The Bertz CT molecular complexity index is 640. The summed E-state index contributed by atoms with van der Waals surface area (Å²) >= 11 is 5.91. The summed E-state index contributed by atoms with van der Waals surface area (Å²) in [5.41, 5.74) is 9.07. The van der Waals surface area contributed by atoms with Crippen molar-refractivity contribution in [2.75, 3.05) is 12.8 Å². The minimum absolute atomic E-state index is 0.0394. The lowest BCUT2D eigenvalue weighted by atomic mass is 10.1. The average Bonchev–Trinajstić information content (AvgIpc) is 2.40. The monoisotopic (exact) mass is 288 g/mol. The van der Waals surface area contributed by atoms with Crippen LogP contribution in [0, 0.1) is 6.92 Å². The summed E-state index contributed by atoms with van der Waals surface area (Å²) in [6, 6.07) is 12.8. The van der Waals surface area contributed by atoms with Gasteiger partial charge in [-0.3, -0.25) is 4.79 Å². The van der Waals surface area contributed by atoms with Crippen molar-refractivity contribution in [1.82, 2.24) is 4.90 Å². The Labute approximate surface area is 124 Å². The second kappa shape index (κ2) is 5.97. The summed E-state index contributed by atoms with van der Waals surface area (Å²) < 4.78 is 0. The summed E-state index contributed by atoms with van der Waals surface area (Å²) in [6.45, 7) is 2.36. The average molecular weight is 289 g/mol. The van der Waals surface area contributed by atoms with E-state index in [1.807, 2.05) is 31.2 Å². The number of nitrogens with two attached hydrogens (primary N) is 1. The molecular formula is C16H17ClN2O. The highest BCUT2D eigenvalue weighted by molar-refractivity contribution is 6.30. The van der Waals surface area contributed by atoms with E-state index in [9.17, 15) is 4.79 Å². The number of carbonyl (C=O) groups excluding carboxylic acids is 1. The number of nitrogens with zero attached hydrogens (tertiary/aromatic N) is 1. The molecule has 0 saturated heterocycles. The number of halogens is 1. The molecule has 2 rings (SSSR count). The smallest absolute Gasteiger partial charge is 0.254 e. The molecule has 0 radical (unpaired) electrons. The summed E-state index contributed by atoms with van der Waals surface area (Å²) in [6.07, 6.45) is 0. The second-order valence-electron chi connectivity index (χ2n) is 4.82. The summed E-state index contributed by atoms with van der Waals surface area (Å²) in [5, 5.41) is 0.633. The maximum absolute atomic E-state index is 12.4. The first-order valence-corrected chi connectivity index (χ1v) is 6.72. The van der Waals surface area contributed by atoms with Crippen LogP contribution in [0.1, 0.15) is 21.5 Å². The van der Waals surface area contributed by atoms with Crippen LogP contribution in [-0.4, -0.2) is 17.9 Å². The molecule has 0 aliphatic carbocycles. The Morgan fingerprint density at radius 2 is 1.95 bits per heavy atom. The quantitative estimate of drug-likeness (QED) is 0.879. The van der Waals surface area contributed by atoms with Crippen molar-refractivity contribution in [3.8, 4) is 0 Å². The Morgan fingerprint density at radius 1 is 1.25 bits per heavy atom. The second-order valence-corrected chi connectivity index (χ2v) is 5.26. The minimum atomic E-state index is -0.0394. The Hall–Kier alpha value is -2.00. The zero-order valence-corrected chi connectivity index (χ0v) is 12.3. The first kappa shape index (κ1) is 14.4. The highest BCUT2D eigenvalue weighted by atomic mass is 35.5. The van der Waals surface area contributed by atoms with Crippen LogP contribution in [0.4, 0.5) is 5.69 Å². The maximum atomic E-state index is 12.4. The van der Waals surface area contributed by atoms with Crippen LogP contribution in [0.15, 0.2) is 42.5 Å². The topological polar surface area (TPSA) is 46.3 Å². The van der Waals surface area contributed by atoms with Gasteiger partial charge in [-0.25, -0.2) is 0 Å². The molecule has 0 fully saturated rings. The number of para-hydroxylation sites is 1. The predicted molar refractivity (Wildman–Crippen MR) is 82.8 cm³/mol. The molecule has 0 aromatic heterocycles. The number of hydrogen-bond donors (Lipinski definition) is 1. The van der Waals surface area contributed by atoms with Gasteiger partial charge in [0.2, 0.25) is 0 Å². The van der Waals surface area contributed by atoms with E-state index in [-0.39, 0.29) is 5.91 Å². The molecule has 0 spiro atoms. The van der Waals surface area contributed by atoms with E-state index >= 15 is 0 Å². The van der Waals surface area contributed by atoms with Crippen LogP contribution < -0.4 is 5.73 Å². The number of amides is 1. The molecule has 1 amide bonds. The lowest BCUT2D eigenvalue weighted by molar-refractivity contribution is 0.0784. The molecule has 2 N–H and O–H groups in total. The number of hydrogen-bond acceptors (Lipinski definition) is 2. The number of rotatable bonds is 3. The van der Waals surface area contributed by atoms with Crippen LogP contribution in [0.2, 0.25) is 5.02 Å². The molecule has 20 heavy (non-hydrogen) atoms. The number of anilines is 1. The Morgan fingerprint density at radius 3 is 2.60 bits per heavy atom. The molecule has 0 atom stereocenters. The van der Waals surface area contributed by atoms with Crippen LogP contribution in [0.5, 0.6) is 0 Å². The molecule has 0 aliphatic rings. The fourth-order valence-corrected chi connectivity index (χ4v) is 2.30. The van der Waals surface area contributed by atoms with Gasteiger partial charge < -0.3 is 10.6 Å². The lowest BCUT2D eigenvalue weighted by Crippen LogP contribution is -2.27. The number of aryl methyl sites for hydroxylation is 1. The van der Waals surface area contributed by atoms with Gasteiger partial charge in [-0.15, -0.1) is 0 Å². The van der Waals surface area contributed by atoms with E-state index in [0.29, 0.717) is 22.8 Å². The van der Waals surface area contributed by atoms with Crippen LogP contribution in [-0.2, 0) is 6.54 Å². The molecule has 3 nitrogen and oxygen atoms in total. The largest absolute Gasteiger partial charge is 0.398 e. The van der Waals surface area contributed by atoms with Gasteiger partial charge in [-0.05, 0) is 42.3 Å². The van der Waals surface area contributed by atoms with Crippen molar-refractivity contribution in [2.45, 2.75) is 13.5 Å². The van der Waals surface area contributed by atoms with Gasteiger partial charge >= 0.3 is 0 Å². The van der Waals surface area contributed by atoms with Gasteiger partial charge in [0.15, 0.2) is 0 Å². The van der Waals surface area contributed by atoms with E-state index in [2.05, 4.69) is 0 Å². The summed E-state index contributed by atoms with van der Waals surface area (Å²) in [4.78, 5) is 14.1. The number of carbonyl (C=O) groups is 1. The molecular weight excluding hydrogens is 272 g/mol. The number of nitrogen functional groups attached to an aromatic ring is 1. The van der Waals surface area contributed by atoms with E-state index in [4.69, 9.17) is 17.3 Å². The van der Waals surface area contributed by atoms with Gasteiger partial charge in [0, 0.05) is 29.9 Å². The van der Waals surface area contributed by atoms with Gasteiger partial charge in [-0.1, -0.05) is 29.8 Å². The van der Waals surface area contributed by atoms with Crippen molar-refractivity contribution in [1.29, 1.82) is 0 Å². The van der Waals surface area contributed by atoms with Crippen LogP contribution in [0.3, 0.4) is 0 Å². The zero-order chi connectivity index (χ0) is 14.7. The predicted octanol–water partition coefficient (Wildman–Crippen LogP) is 3.50. The molecule has 2 aromatic carbocycles. The first-order chi connectivity index (χ1) is 9.49. The molecule has 104 valence electrons. The number of benzene rings is 2. The lowest BCUT2D eigenvalue weighted by Gasteiger charge is -2.19. The fourth-order valence-electron chi connectivity index (χ4n) is 2.08.